The van der Waals surface area contributed by atoms with E-state index in [-0.39, 0.29) is 17.1 Å². The lowest BCUT2D eigenvalue weighted by atomic mass is 9.73. The Kier molecular flexibility index (Phi) is 3.97. The molecule has 5 heteroatoms. The number of nitrogens with zero attached hydrogens (tertiary/aromatic N) is 1. The molecule has 1 N–H and O–H groups in total. The van der Waals surface area contributed by atoms with Crippen LogP contribution >= 0.6 is 0 Å². The Labute approximate surface area is 118 Å². The minimum absolute atomic E-state index is 0.0917. The third-order valence-corrected chi connectivity index (χ3v) is 4.31. The first-order valence-electron chi connectivity index (χ1n) is 7.02. The van der Waals surface area contributed by atoms with E-state index in [1.165, 1.54) is 12.5 Å². The monoisotopic (exact) mass is 280 g/mol. The van der Waals surface area contributed by atoms with E-state index in [2.05, 4.69) is 19.2 Å². The topological polar surface area (TPSA) is 55.2 Å². The van der Waals surface area contributed by atoms with E-state index in [9.17, 15) is 14.5 Å². The van der Waals surface area contributed by atoms with Gasteiger partial charge in [-0.25, -0.2) is 4.39 Å². The molecule has 1 fully saturated rings. The molecular formula is C15H21FN2O2. The standard InChI is InChI=1S/C15H21FN2O2/c1-10-8-12(13(18(19)20)9-11(10)16)17-14-6-4-5-7-15(14,2)3/h8-9,14,17H,4-7H2,1-3H3. The number of anilines is 1. The van der Waals surface area contributed by atoms with Crippen molar-refractivity contribution in [2.24, 2.45) is 5.41 Å². The molecule has 1 aromatic rings. The van der Waals surface area contributed by atoms with E-state index >= 15 is 0 Å². The summed E-state index contributed by atoms with van der Waals surface area (Å²) in [6, 6.07) is 2.73. The van der Waals surface area contributed by atoms with Gasteiger partial charge in [-0.15, -0.1) is 0 Å². The molecule has 1 atom stereocenters. The Hall–Kier alpha value is -1.65. The van der Waals surface area contributed by atoms with Crippen LogP contribution in [0.3, 0.4) is 0 Å². The largest absolute Gasteiger partial charge is 0.376 e. The molecule has 2 rings (SSSR count). The third kappa shape index (κ3) is 2.92. The van der Waals surface area contributed by atoms with Gasteiger partial charge in [0.2, 0.25) is 0 Å². The van der Waals surface area contributed by atoms with Crippen LogP contribution < -0.4 is 5.32 Å². The Morgan fingerprint density at radius 3 is 2.70 bits per heavy atom. The second-order valence-corrected chi connectivity index (χ2v) is 6.31. The van der Waals surface area contributed by atoms with Crippen LogP contribution in [-0.2, 0) is 0 Å². The van der Waals surface area contributed by atoms with E-state index in [4.69, 9.17) is 0 Å². The molecule has 0 spiro atoms. The number of rotatable bonds is 3. The lowest BCUT2D eigenvalue weighted by Gasteiger charge is -2.39. The summed E-state index contributed by atoms with van der Waals surface area (Å²) in [4.78, 5) is 10.6. The lowest BCUT2D eigenvalue weighted by molar-refractivity contribution is -0.384. The van der Waals surface area contributed by atoms with Crippen molar-refractivity contribution in [1.82, 2.24) is 0 Å². The summed E-state index contributed by atoms with van der Waals surface area (Å²) in [5.74, 6) is -0.537. The van der Waals surface area contributed by atoms with Gasteiger partial charge in [0, 0.05) is 6.04 Å². The molecule has 1 aliphatic rings. The molecule has 20 heavy (non-hydrogen) atoms. The SMILES string of the molecule is Cc1cc(NC2CCCCC2(C)C)c([N+](=O)[O-])cc1F. The highest BCUT2D eigenvalue weighted by Gasteiger charge is 2.33. The molecule has 1 aromatic carbocycles. The molecule has 0 radical (unpaired) electrons. The maximum atomic E-state index is 13.5. The molecule has 0 aliphatic heterocycles. The zero-order valence-electron chi connectivity index (χ0n) is 12.2. The van der Waals surface area contributed by atoms with Gasteiger partial charge in [0.1, 0.15) is 11.5 Å². The summed E-state index contributed by atoms with van der Waals surface area (Å²) < 4.78 is 13.5. The van der Waals surface area contributed by atoms with Crippen LogP contribution in [0.4, 0.5) is 15.8 Å². The Morgan fingerprint density at radius 2 is 2.10 bits per heavy atom. The summed E-state index contributed by atoms with van der Waals surface area (Å²) in [6.45, 7) is 5.97. The van der Waals surface area contributed by atoms with E-state index < -0.39 is 10.7 Å². The third-order valence-electron chi connectivity index (χ3n) is 4.31. The van der Waals surface area contributed by atoms with Gasteiger partial charge in [-0.3, -0.25) is 10.1 Å². The quantitative estimate of drug-likeness (QED) is 0.658. The molecule has 4 nitrogen and oxygen atoms in total. The Balaban J connectivity index is 2.32. The highest BCUT2D eigenvalue weighted by Crippen LogP contribution is 2.39. The molecule has 1 unspecified atom stereocenters. The van der Waals surface area contributed by atoms with Gasteiger partial charge >= 0.3 is 0 Å². The van der Waals surface area contributed by atoms with Gasteiger partial charge in [0.05, 0.1) is 11.0 Å². The maximum absolute atomic E-state index is 13.5. The van der Waals surface area contributed by atoms with Crippen LogP contribution in [0, 0.1) is 28.3 Å². The second kappa shape index (κ2) is 5.38. The van der Waals surface area contributed by atoms with Crippen LogP contribution in [0.5, 0.6) is 0 Å². The van der Waals surface area contributed by atoms with Crippen LogP contribution in [-0.4, -0.2) is 11.0 Å². The number of hydrogen-bond donors (Lipinski definition) is 1. The number of nitro benzene ring substituents is 1. The summed E-state index contributed by atoms with van der Waals surface area (Å²) in [5.41, 5.74) is 0.754. The van der Waals surface area contributed by atoms with Crippen molar-refractivity contribution < 1.29 is 9.31 Å². The van der Waals surface area contributed by atoms with Gasteiger partial charge in [-0.05, 0) is 36.8 Å². The minimum Gasteiger partial charge on any atom is -0.376 e. The first-order chi connectivity index (χ1) is 9.31. The fourth-order valence-electron chi connectivity index (χ4n) is 2.89. The van der Waals surface area contributed by atoms with Crippen molar-refractivity contribution in [1.29, 1.82) is 0 Å². The van der Waals surface area contributed by atoms with Crippen molar-refractivity contribution in [2.45, 2.75) is 52.5 Å². The Bertz CT molecular complexity index is 529. The number of halogens is 1. The van der Waals surface area contributed by atoms with E-state index in [1.54, 1.807) is 6.92 Å². The number of nitrogens with one attached hydrogen (secondary N) is 1. The summed E-state index contributed by atoms with van der Waals surface area (Å²) in [6.07, 6.45) is 4.39. The van der Waals surface area contributed by atoms with Crippen LogP contribution in [0.1, 0.15) is 45.1 Å². The van der Waals surface area contributed by atoms with Gasteiger partial charge in [-0.2, -0.15) is 0 Å². The van der Waals surface area contributed by atoms with Crippen molar-refractivity contribution in [2.75, 3.05) is 5.32 Å². The van der Waals surface area contributed by atoms with Crippen LogP contribution in [0.2, 0.25) is 0 Å². The average Bonchev–Trinajstić information content (AvgIpc) is 2.35. The van der Waals surface area contributed by atoms with Crippen LogP contribution in [0.15, 0.2) is 12.1 Å². The van der Waals surface area contributed by atoms with Crippen molar-refractivity contribution in [3.05, 3.63) is 33.6 Å². The maximum Gasteiger partial charge on any atom is 0.295 e. The first-order valence-corrected chi connectivity index (χ1v) is 7.02. The zero-order valence-corrected chi connectivity index (χ0v) is 12.2. The van der Waals surface area contributed by atoms with E-state index in [1.807, 2.05) is 0 Å². The van der Waals surface area contributed by atoms with Gasteiger partial charge in [0.25, 0.3) is 5.69 Å². The molecular weight excluding hydrogens is 259 g/mol. The fraction of sp³-hybridized carbons (Fsp3) is 0.600. The lowest BCUT2D eigenvalue weighted by Crippen LogP contribution is -2.39. The van der Waals surface area contributed by atoms with Gasteiger partial charge < -0.3 is 5.32 Å². The zero-order chi connectivity index (χ0) is 14.9. The molecule has 110 valence electrons. The smallest absolute Gasteiger partial charge is 0.295 e. The van der Waals surface area contributed by atoms with Gasteiger partial charge in [-0.1, -0.05) is 26.7 Å². The fourth-order valence-corrected chi connectivity index (χ4v) is 2.89. The molecule has 0 amide bonds. The molecule has 0 heterocycles. The van der Waals surface area contributed by atoms with Crippen LogP contribution in [0.25, 0.3) is 0 Å². The van der Waals surface area contributed by atoms with Crippen molar-refractivity contribution in [3.8, 4) is 0 Å². The van der Waals surface area contributed by atoms with Crippen molar-refractivity contribution >= 4 is 11.4 Å². The molecule has 0 bridgehead atoms. The molecule has 0 aromatic heterocycles. The predicted octanol–water partition coefficient (Wildman–Crippen LogP) is 4.42. The summed E-state index contributed by atoms with van der Waals surface area (Å²) >= 11 is 0. The molecule has 1 saturated carbocycles. The summed E-state index contributed by atoms with van der Waals surface area (Å²) in [5, 5.41) is 14.4. The summed E-state index contributed by atoms with van der Waals surface area (Å²) in [7, 11) is 0. The minimum atomic E-state index is -0.537. The normalized spacial score (nSPS) is 21.5. The number of nitro groups is 1. The average molecular weight is 280 g/mol. The van der Waals surface area contributed by atoms with E-state index in [0.717, 1.165) is 25.3 Å². The highest BCUT2D eigenvalue weighted by atomic mass is 19.1. The number of hydrogen-bond acceptors (Lipinski definition) is 3. The van der Waals surface area contributed by atoms with Gasteiger partial charge in [0.15, 0.2) is 0 Å². The Morgan fingerprint density at radius 1 is 1.40 bits per heavy atom. The first kappa shape index (κ1) is 14.8. The highest BCUT2D eigenvalue weighted by molar-refractivity contribution is 5.63. The predicted molar refractivity (Wildman–Crippen MR) is 77.5 cm³/mol. The second-order valence-electron chi connectivity index (χ2n) is 6.31. The molecule has 1 aliphatic carbocycles. The number of aryl methyl sites for hydroxylation is 1. The molecule has 0 saturated heterocycles. The van der Waals surface area contributed by atoms with E-state index in [0.29, 0.717) is 11.3 Å². The van der Waals surface area contributed by atoms with Crippen molar-refractivity contribution in [3.63, 3.8) is 0 Å². The number of benzene rings is 1.